The molecule has 0 spiro atoms. The molecule has 0 aliphatic heterocycles. The number of hydrogen-bond donors (Lipinski definition) is 2. The van der Waals surface area contributed by atoms with Crippen LogP contribution in [0.1, 0.15) is 26.5 Å². The quantitative estimate of drug-likeness (QED) is 0.709. The molecule has 1 rings (SSSR count). The maximum atomic E-state index is 11.6. The predicted molar refractivity (Wildman–Crippen MR) is 79.5 cm³/mol. The molecule has 20 heavy (non-hydrogen) atoms. The average Bonchev–Trinajstić information content (AvgIpc) is 2.43. The summed E-state index contributed by atoms with van der Waals surface area (Å²) in [6.45, 7) is 10.6. The monoisotopic (exact) mass is 277 g/mol. The molecule has 2 N–H and O–H groups in total. The minimum absolute atomic E-state index is 0.171. The summed E-state index contributed by atoms with van der Waals surface area (Å²) in [5.74, 6) is 0.412. The van der Waals surface area contributed by atoms with Crippen LogP contribution >= 0.6 is 0 Å². The van der Waals surface area contributed by atoms with Gasteiger partial charge in [0.1, 0.15) is 5.75 Å². The Morgan fingerprint density at radius 2 is 2.20 bits per heavy atom. The lowest BCUT2D eigenvalue weighted by Crippen LogP contribution is -2.36. The van der Waals surface area contributed by atoms with Crippen molar-refractivity contribution in [3.8, 4) is 5.75 Å². The number of amides is 1. The van der Waals surface area contributed by atoms with E-state index in [1.54, 1.807) is 19.2 Å². The van der Waals surface area contributed by atoms with Crippen molar-refractivity contribution in [1.82, 2.24) is 15.6 Å². The van der Waals surface area contributed by atoms with Crippen LogP contribution in [0.15, 0.2) is 31.0 Å². The molecule has 0 aliphatic carbocycles. The van der Waals surface area contributed by atoms with Crippen LogP contribution in [-0.2, 0) is 11.3 Å². The summed E-state index contributed by atoms with van der Waals surface area (Å²) >= 11 is 0. The van der Waals surface area contributed by atoms with Crippen LogP contribution in [0.2, 0.25) is 0 Å². The first-order valence-electron chi connectivity index (χ1n) is 6.76. The van der Waals surface area contributed by atoms with Gasteiger partial charge in [0.2, 0.25) is 0 Å². The first kappa shape index (κ1) is 16.2. The lowest BCUT2D eigenvalue weighted by Gasteiger charge is -2.14. The van der Waals surface area contributed by atoms with Gasteiger partial charge in [-0.05, 0) is 19.1 Å². The molecular formula is C15H23N3O2. The van der Waals surface area contributed by atoms with Crippen LogP contribution in [-0.4, -0.2) is 29.6 Å². The molecular weight excluding hydrogens is 254 g/mol. The molecule has 5 nitrogen and oxygen atoms in total. The minimum Gasteiger partial charge on any atom is -0.479 e. The third-order valence-corrected chi connectivity index (χ3v) is 2.59. The zero-order valence-corrected chi connectivity index (χ0v) is 12.3. The lowest BCUT2D eigenvalue weighted by molar-refractivity contribution is -0.127. The van der Waals surface area contributed by atoms with Crippen molar-refractivity contribution in [2.24, 2.45) is 0 Å². The Morgan fingerprint density at radius 3 is 2.75 bits per heavy atom. The van der Waals surface area contributed by atoms with Crippen molar-refractivity contribution < 1.29 is 9.53 Å². The molecule has 1 unspecified atom stereocenters. The Balaban J connectivity index is 2.48. The summed E-state index contributed by atoms with van der Waals surface area (Å²) in [4.78, 5) is 15.9. The van der Waals surface area contributed by atoms with Crippen LogP contribution < -0.4 is 15.4 Å². The maximum Gasteiger partial charge on any atom is 0.261 e. The Labute approximate surface area is 120 Å². The summed E-state index contributed by atoms with van der Waals surface area (Å²) in [5, 5.41) is 5.97. The van der Waals surface area contributed by atoms with E-state index in [2.05, 4.69) is 36.0 Å². The van der Waals surface area contributed by atoms with E-state index in [1.807, 2.05) is 12.1 Å². The first-order valence-corrected chi connectivity index (χ1v) is 6.76. The van der Waals surface area contributed by atoms with Gasteiger partial charge in [-0.1, -0.05) is 19.9 Å². The summed E-state index contributed by atoms with van der Waals surface area (Å²) in [5.41, 5.74) is 0.940. The standard InChI is InChI=1S/C15H23N3O2/c1-5-8-16-15(19)12(4)20-14-7-6-13(18-10-14)9-17-11(2)3/h5-7,10-12,17H,1,8-9H2,2-4H3,(H,16,19). The smallest absolute Gasteiger partial charge is 0.261 e. The third-order valence-electron chi connectivity index (χ3n) is 2.59. The molecule has 1 heterocycles. The molecule has 1 aromatic rings. The van der Waals surface area contributed by atoms with E-state index in [1.165, 1.54) is 0 Å². The van der Waals surface area contributed by atoms with Gasteiger partial charge in [0.15, 0.2) is 6.10 Å². The molecule has 1 amide bonds. The Morgan fingerprint density at radius 1 is 1.45 bits per heavy atom. The zero-order chi connectivity index (χ0) is 15.0. The van der Waals surface area contributed by atoms with Gasteiger partial charge >= 0.3 is 0 Å². The molecule has 110 valence electrons. The van der Waals surface area contributed by atoms with Crippen molar-refractivity contribution in [2.75, 3.05) is 6.54 Å². The lowest BCUT2D eigenvalue weighted by atomic mass is 10.3. The second kappa shape index (κ2) is 8.32. The number of nitrogens with zero attached hydrogens (tertiary/aromatic N) is 1. The fraction of sp³-hybridized carbons (Fsp3) is 0.467. The minimum atomic E-state index is -0.559. The number of aromatic nitrogens is 1. The van der Waals surface area contributed by atoms with Crippen LogP contribution in [0.3, 0.4) is 0 Å². The van der Waals surface area contributed by atoms with Gasteiger partial charge in [0, 0.05) is 19.1 Å². The molecule has 1 aromatic heterocycles. The largest absolute Gasteiger partial charge is 0.479 e. The van der Waals surface area contributed by atoms with Gasteiger partial charge in [-0.15, -0.1) is 6.58 Å². The number of nitrogens with one attached hydrogen (secondary N) is 2. The average molecular weight is 277 g/mol. The Kier molecular flexibility index (Phi) is 6.73. The molecule has 0 saturated heterocycles. The number of rotatable bonds is 8. The highest BCUT2D eigenvalue weighted by atomic mass is 16.5. The van der Waals surface area contributed by atoms with Crippen molar-refractivity contribution in [3.63, 3.8) is 0 Å². The van der Waals surface area contributed by atoms with E-state index in [0.29, 0.717) is 24.9 Å². The maximum absolute atomic E-state index is 11.6. The van der Waals surface area contributed by atoms with E-state index in [4.69, 9.17) is 4.74 Å². The second-order valence-electron chi connectivity index (χ2n) is 4.81. The summed E-state index contributed by atoms with van der Waals surface area (Å²) in [6, 6.07) is 4.13. The van der Waals surface area contributed by atoms with Gasteiger partial charge in [0.05, 0.1) is 11.9 Å². The fourth-order valence-corrected chi connectivity index (χ4v) is 1.47. The SMILES string of the molecule is C=CCNC(=O)C(C)Oc1ccc(CNC(C)C)nc1. The number of ether oxygens (including phenoxy) is 1. The van der Waals surface area contributed by atoms with Gasteiger partial charge in [-0.25, -0.2) is 0 Å². The van der Waals surface area contributed by atoms with Crippen molar-refractivity contribution >= 4 is 5.91 Å². The number of carbonyl (C=O) groups excluding carboxylic acids is 1. The third kappa shape index (κ3) is 5.84. The normalized spacial score (nSPS) is 12.0. The highest BCUT2D eigenvalue weighted by Crippen LogP contribution is 2.11. The van der Waals surface area contributed by atoms with Crippen molar-refractivity contribution in [2.45, 2.75) is 39.5 Å². The zero-order valence-electron chi connectivity index (χ0n) is 12.3. The predicted octanol–water partition coefficient (Wildman–Crippen LogP) is 1.65. The highest BCUT2D eigenvalue weighted by Gasteiger charge is 2.13. The van der Waals surface area contributed by atoms with Gasteiger partial charge < -0.3 is 15.4 Å². The van der Waals surface area contributed by atoms with Crippen molar-refractivity contribution in [3.05, 3.63) is 36.7 Å². The van der Waals surface area contributed by atoms with Crippen LogP contribution in [0.25, 0.3) is 0 Å². The molecule has 0 aromatic carbocycles. The van der Waals surface area contributed by atoms with Crippen molar-refractivity contribution in [1.29, 1.82) is 0 Å². The number of carbonyl (C=O) groups is 1. The summed E-state index contributed by atoms with van der Waals surface area (Å²) in [7, 11) is 0. The highest BCUT2D eigenvalue weighted by molar-refractivity contribution is 5.80. The molecule has 5 heteroatoms. The van der Waals surface area contributed by atoms with Gasteiger partial charge in [0.25, 0.3) is 5.91 Å². The van der Waals surface area contributed by atoms with E-state index in [-0.39, 0.29) is 5.91 Å². The Bertz CT molecular complexity index is 429. The Hall–Kier alpha value is -1.88. The van der Waals surface area contributed by atoms with Crippen LogP contribution in [0.4, 0.5) is 0 Å². The molecule has 0 fully saturated rings. The first-order chi connectivity index (χ1) is 9.52. The molecule has 0 bridgehead atoms. The summed E-state index contributed by atoms with van der Waals surface area (Å²) < 4.78 is 5.52. The molecule has 0 saturated carbocycles. The van der Waals surface area contributed by atoms with E-state index >= 15 is 0 Å². The summed E-state index contributed by atoms with van der Waals surface area (Å²) in [6.07, 6.45) is 2.70. The number of hydrogen-bond acceptors (Lipinski definition) is 4. The topological polar surface area (TPSA) is 63.2 Å². The number of pyridine rings is 1. The van der Waals surface area contributed by atoms with E-state index in [9.17, 15) is 4.79 Å². The van der Waals surface area contributed by atoms with E-state index in [0.717, 1.165) is 5.69 Å². The van der Waals surface area contributed by atoms with Gasteiger partial charge in [-0.3, -0.25) is 9.78 Å². The molecule has 1 atom stereocenters. The fourth-order valence-electron chi connectivity index (χ4n) is 1.47. The van der Waals surface area contributed by atoms with Gasteiger partial charge in [-0.2, -0.15) is 0 Å². The van der Waals surface area contributed by atoms with Crippen LogP contribution in [0.5, 0.6) is 5.75 Å². The molecule has 0 radical (unpaired) electrons. The van der Waals surface area contributed by atoms with Crippen LogP contribution in [0, 0.1) is 0 Å². The second-order valence-corrected chi connectivity index (χ2v) is 4.81. The molecule has 0 aliphatic rings. The van der Waals surface area contributed by atoms with E-state index < -0.39 is 6.10 Å².